The van der Waals surface area contributed by atoms with Crippen LogP contribution in [-0.2, 0) is 20.7 Å². The number of benzene rings is 1. The minimum absolute atomic E-state index is 0.0331. The number of carbonyl (C=O) groups excluding carboxylic acids is 2. The number of ether oxygens (including phenoxy) is 1. The van der Waals surface area contributed by atoms with Crippen LogP contribution in [0.2, 0.25) is 0 Å². The number of nitrogens with zero attached hydrogens (tertiary/aromatic N) is 1. The smallest absolute Gasteiger partial charge is 0.253 e. The number of para-hydroxylation sites is 1. The molecule has 1 aromatic rings. The van der Waals surface area contributed by atoms with Gasteiger partial charge in [-0.25, -0.2) is 0 Å². The van der Waals surface area contributed by atoms with E-state index in [1.165, 1.54) is 4.90 Å². The van der Waals surface area contributed by atoms with E-state index >= 15 is 0 Å². The van der Waals surface area contributed by atoms with Crippen molar-refractivity contribution < 1.29 is 14.3 Å². The van der Waals surface area contributed by atoms with Gasteiger partial charge in [-0.2, -0.15) is 0 Å². The van der Waals surface area contributed by atoms with Gasteiger partial charge in [-0.15, -0.1) is 0 Å². The fraction of sp³-hybridized carbons (Fsp3) is 0.385. The molecule has 5 heteroatoms. The first-order valence-corrected chi connectivity index (χ1v) is 5.92. The molecule has 0 aromatic heterocycles. The molecule has 1 aromatic carbocycles. The minimum atomic E-state index is -0.602. The lowest BCUT2D eigenvalue weighted by molar-refractivity contribution is -0.126. The number of carbonyl (C=O) groups is 2. The summed E-state index contributed by atoms with van der Waals surface area (Å²) in [6.07, 6.45) is 0.476. The summed E-state index contributed by atoms with van der Waals surface area (Å²) in [5, 5.41) is 0. The van der Waals surface area contributed by atoms with E-state index in [2.05, 4.69) is 0 Å². The van der Waals surface area contributed by atoms with Gasteiger partial charge in [-0.05, 0) is 18.6 Å². The predicted octanol–water partition coefficient (Wildman–Crippen LogP) is 0.466. The molecule has 18 heavy (non-hydrogen) atoms. The molecule has 96 valence electrons. The molecule has 5 nitrogen and oxygen atoms in total. The van der Waals surface area contributed by atoms with E-state index in [-0.39, 0.29) is 12.5 Å². The first-order valence-electron chi connectivity index (χ1n) is 5.92. The van der Waals surface area contributed by atoms with Crippen molar-refractivity contribution >= 4 is 17.5 Å². The molecule has 0 saturated carbocycles. The summed E-state index contributed by atoms with van der Waals surface area (Å²) >= 11 is 0. The predicted molar refractivity (Wildman–Crippen MR) is 67.1 cm³/mol. The van der Waals surface area contributed by atoms with Crippen molar-refractivity contribution in [3.05, 3.63) is 29.8 Å². The number of amides is 2. The molecule has 0 fully saturated rings. The van der Waals surface area contributed by atoms with Gasteiger partial charge in [0.25, 0.3) is 5.91 Å². The van der Waals surface area contributed by atoms with Gasteiger partial charge < -0.3 is 10.5 Å². The van der Waals surface area contributed by atoms with E-state index in [4.69, 9.17) is 10.5 Å². The molecular weight excluding hydrogens is 232 g/mol. The van der Waals surface area contributed by atoms with Gasteiger partial charge in [0.2, 0.25) is 5.91 Å². The van der Waals surface area contributed by atoms with Gasteiger partial charge in [0.15, 0.2) is 0 Å². The maximum Gasteiger partial charge on any atom is 0.253 e. The fourth-order valence-corrected chi connectivity index (χ4v) is 2.18. The number of nitrogens with two attached hydrogens (primary N) is 1. The Hall–Kier alpha value is -1.88. The number of anilines is 1. The fourth-order valence-electron chi connectivity index (χ4n) is 2.18. The molecule has 0 spiro atoms. The highest BCUT2D eigenvalue weighted by Gasteiger charge is 2.36. The van der Waals surface area contributed by atoms with E-state index in [0.29, 0.717) is 13.0 Å². The van der Waals surface area contributed by atoms with Crippen molar-refractivity contribution in [2.75, 3.05) is 18.1 Å². The maximum atomic E-state index is 12.1. The van der Waals surface area contributed by atoms with Crippen molar-refractivity contribution in [3.63, 3.8) is 0 Å². The van der Waals surface area contributed by atoms with Gasteiger partial charge in [0.1, 0.15) is 12.6 Å². The van der Waals surface area contributed by atoms with E-state index in [1.54, 1.807) is 0 Å². The Balaban J connectivity index is 2.28. The second-order valence-corrected chi connectivity index (χ2v) is 4.15. The lowest BCUT2D eigenvalue weighted by atomic mass is 10.1. The SMILES string of the molecule is CCOCC(=O)N1c2ccccc2C[C@H]1C(N)=O. The Morgan fingerprint density at radius 3 is 2.83 bits per heavy atom. The molecular formula is C13H16N2O3. The Kier molecular flexibility index (Phi) is 3.62. The Morgan fingerprint density at radius 2 is 2.17 bits per heavy atom. The molecule has 0 aliphatic carbocycles. The van der Waals surface area contributed by atoms with Gasteiger partial charge in [0.05, 0.1) is 0 Å². The van der Waals surface area contributed by atoms with Crippen molar-refractivity contribution in [1.29, 1.82) is 0 Å². The van der Waals surface area contributed by atoms with Crippen LogP contribution < -0.4 is 10.6 Å². The Bertz CT molecular complexity index is 473. The number of primary amides is 1. The van der Waals surface area contributed by atoms with Gasteiger partial charge >= 0.3 is 0 Å². The average Bonchev–Trinajstić information content (AvgIpc) is 2.75. The Morgan fingerprint density at radius 1 is 1.44 bits per heavy atom. The molecule has 2 N–H and O–H groups in total. The number of hydrogen-bond donors (Lipinski definition) is 1. The van der Waals surface area contributed by atoms with E-state index < -0.39 is 11.9 Å². The third-order valence-electron chi connectivity index (χ3n) is 3.00. The molecule has 2 rings (SSSR count). The monoisotopic (exact) mass is 248 g/mol. The van der Waals surface area contributed by atoms with Crippen molar-refractivity contribution in [2.24, 2.45) is 5.73 Å². The Labute approximate surface area is 106 Å². The zero-order chi connectivity index (χ0) is 13.1. The lowest BCUT2D eigenvalue weighted by Crippen LogP contribution is -2.47. The summed E-state index contributed by atoms with van der Waals surface area (Å²) in [4.78, 5) is 25.0. The standard InChI is InChI=1S/C13H16N2O3/c1-2-18-8-12(16)15-10-6-4-3-5-9(10)7-11(15)13(14)17/h3-6,11H,2,7-8H2,1H3,(H2,14,17)/t11-/m0/s1. The van der Waals surface area contributed by atoms with Crippen LogP contribution in [0.25, 0.3) is 0 Å². The number of fused-ring (bicyclic) bond motifs is 1. The summed E-state index contributed by atoms with van der Waals surface area (Å²) in [5.41, 5.74) is 7.08. The lowest BCUT2D eigenvalue weighted by Gasteiger charge is -2.23. The van der Waals surface area contributed by atoms with E-state index in [9.17, 15) is 9.59 Å². The van der Waals surface area contributed by atoms with E-state index in [0.717, 1.165) is 11.3 Å². The quantitative estimate of drug-likeness (QED) is 0.841. The summed E-state index contributed by atoms with van der Waals surface area (Å²) in [6.45, 7) is 2.24. The highest BCUT2D eigenvalue weighted by atomic mass is 16.5. The molecule has 1 aliphatic heterocycles. The first-order chi connectivity index (χ1) is 8.65. The van der Waals surface area contributed by atoms with Gasteiger partial charge in [-0.1, -0.05) is 18.2 Å². The van der Waals surface area contributed by atoms with Gasteiger partial charge in [-0.3, -0.25) is 14.5 Å². The van der Waals surface area contributed by atoms with Crippen LogP contribution in [0, 0.1) is 0 Å². The zero-order valence-corrected chi connectivity index (χ0v) is 10.3. The maximum absolute atomic E-state index is 12.1. The zero-order valence-electron chi connectivity index (χ0n) is 10.3. The third-order valence-corrected chi connectivity index (χ3v) is 3.00. The molecule has 0 saturated heterocycles. The average molecular weight is 248 g/mol. The normalized spacial score (nSPS) is 17.6. The van der Waals surface area contributed by atoms with Crippen LogP contribution in [0.15, 0.2) is 24.3 Å². The van der Waals surface area contributed by atoms with Crippen LogP contribution >= 0.6 is 0 Å². The molecule has 1 aliphatic rings. The molecule has 0 radical (unpaired) electrons. The van der Waals surface area contributed by atoms with Crippen LogP contribution in [0.5, 0.6) is 0 Å². The van der Waals surface area contributed by atoms with Crippen LogP contribution in [0.1, 0.15) is 12.5 Å². The molecule has 1 heterocycles. The summed E-state index contributed by atoms with van der Waals surface area (Å²) in [7, 11) is 0. The largest absolute Gasteiger partial charge is 0.372 e. The minimum Gasteiger partial charge on any atom is -0.372 e. The van der Waals surface area contributed by atoms with Crippen LogP contribution in [0.3, 0.4) is 0 Å². The molecule has 1 atom stereocenters. The number of hydrogen-bond acceptors (Lipinski definition) is 3. The summed E-state index contributed by atoms with van der Waals surface area (Å²) < 4.78 is 5.11. The first kappa shape index (κ1) is 12.6. The molecule has 2 amide bonds. The summed E-state index contributed by atoms with van der Waals surface area (Å²) in [5.74, 6) is -0.721. The van der Waals surface area contributed by atoms with E-state index in [1.807, 2.05) is 31.2 Å². The summed E-state index contributed by atoms with van der Waals surface area (Å²) in [6, 6.07) is 6.84. The van der Waals surface area contributed by atoms with Crippen molar-refractivity contribution in [1.82, 2.24) is 0 Å². The van der Waals surface area contributed by atoms with Crippen LogP contribution in [-0.4, -0.2) is 31.1 Å². The topological polar surface area (TPSA) is 72.6 Å². The second-order valence-electron chi connectivity index (χ2n) is 4.15. The second kappa shape index (κ2) is 5.18. The molecule has 0 bridgehead atoms. The van der Waals surface area contributed by atoms with Crippen molar-refractivity contribution in [3.8, 4) is 0 Å². The van der Waals surface area contributed by atoms with Crippen LogP contribution in [0.4, 0.5) is 5.69 Å². The third kappa shape index (κ3) is 2.22. The molecule has 0 unspecified atom stereocenters. The van der Waals surface area contributed by atoms with Gasteiger partial charge in [0, 0.05) is 18.7 Å². The number of rotatable bonds is 4. The van der Waals surface area contributed by atoms with Crippen molar-refractivity contribution in [2.45, 2.75) is 19.4 Å². The highest BCUT2D eigenvalue weighted by molar-refractivity contribution is 6.03. The highest BCUT2D eigenvalue weighted by Crippen LogP contribution is 2.31.